The van der Waals surface area contributed by atoms with Crippen LogP contribution in [0.2, 0.25) is 0 Å². The first-order chi connectivity index (χ1) is 16.4. The van der Waals surface area contributed by atoms with E-state index in [1.54, 1.807) is 31.6 Å². The van der Waals surface area contributed by atoms with Gasteiger partial charge in [-0.2, -0.15) is 13.1 Å². The second-order valence-corrected chi connectivity index (χ2v) is 10.1. The number of hydrogen-bond donors (Lipinski definition) is 2. The Balaban J connectivity index is 1.65. The van der Waals surface area contributed by atoms with Gasteiger partial charge in [-0.3, -0.25) is 9.36 Å². The summed E-state index contributed by atoms with van der Waals surface area (Å²) in [4.78, 5) is 34.4. The van der Waals surface area contributed by atoms with Gasteiger partial charge in [-0.25, -0.2) is 18.9 Å². The van der Waals surface area contributed by atoms with E-state index in [0.29, 0.717) is 16.8 Å². The molecule has 1 aromatic heterocycles. The first kappa shape index (κ1) is 24.3. The average Bonchev–Trinajstić information content (AvgIpc) is 3.03. The Kier molecular flexibility index (Phi) is 6.07. The number of nitrogens with zero attached hydrogens (tertiary/aromatic N) is 3. The summed E-state index contributed by atoms with van der Waals surface area (Å²) in [5.74, 6) is -0.346. The molecule has 2 N–H and O–H groups in total. The number of aromatic nitrogens is 2. The summed E-state index contributed by atoms with van der Waals surface area (Å²) in [7, 11) is -2.89. The normalized spacial score (nSPS) is 14.0. The number of oxime groups is 1. The molecule has 184 valence electrons. The molecule has 0 saturated heterocycles. The molecule has 11 nitrogen and oxygen atoms in total. The third-order valence-corrected chi connectivity index (χ3v) is 5.83. The third-order valence-electron chi connectivity index (χ3n) is 4.87. The molecule has 0 aliphatic carbocycles. The Morgan fingerprint density at radius 2 is 1.94 bits per heavy atom. The molecule has 3 aromatic rings. The zero-order chi connectivity index (χ0) is 25.5. The SMILES string of the molecule is CO/N=C1/c2cc(F)ccc2-n2c1nc1cc(CNS(=O)(=O)NC(=O)OC(C)(C)C)ccc1c2=O. The van der Waals surface area contributed by atoms with Crippen molar-refractivity contribution in [2.75, 3.05) is 7.11 Å². The van der Waals surface area contributed by atoms with E-state index in [0.717, 1.165) is 0 Å². The van der Waals surface area contributed by atoms with Gasteiger partial charge in [0.1, 0.15) is 18.5 Å². The van der Waals surface area contributed by atoms with Crippen LogP contribution in [-0.4, -0.2) is 42.5 Å². The van der Waals surface area contributed by atoms with Crippen LogP contribution in [0.4, 0.5) is 9.18 Å². The average molecular weight is 504 g/mol. The number of benzene rings is 2. The number of halogens is 1. The third kappa shape index (κ3) is 5.00. The van der Waals surface area contributed by atoms with E-state index in [1.165, 1.54) is 42.0 Å². The molecule has 0 fully saturated rings. The van der Waals surface area contributed by atoms with Crippen molar-refractivity contribution < 1.29 is 27.2 Å². The maximum absolute atomic E-state index is 13.9. The lowest BCUT2D eigenvalue weighted by atomic mass is 10.1. The van der Waals surface area contributed by atoms with E-state index < -0.39 is 33.3 Å². The predicted octanol–water partition coefficient (Wildman–Crippen LogP) is 2.10. The molecule has 2 heterocycles. The highest BCUT2D eigenvalue weighted by molar-refractivity contribution is 7.88. The minimum atomic E-state index is -4.21. The van der Waals surface area contributed by atoms with Crippen molar-refractivity contribution in [2.24, 2.45) is 5.16 Å². The molecule has 13 heteroatoms. The summed E-state index contributed by atoms with van der Waals surface area (Å²) in [5.41, 5.74) is 0.431. The minimum Gasteiger partial charge on any atom is -0.443 e. The second-order valence-electron chi connectivity index (χ2n) is 8.64. The van der Waals surface area contributed by atoms with Crippen molar-refractivity contribution in [2.45, 2.75) is 32.9 Å². The van der Waals surface area contributed by atoms with Crippen molar-refractivity contribution in [1.82, 2.24) is 19.0 Å². The molecule has 1 aliphatic rings. The fourth-order valence-corrected chi connectivity index (χ4v) is 4.23. The van der Waals surface area contributed by atoms with Crippen LogP contribution < -0.4 is 15.0 Å². The number of carbonyl (C=O) groups excluding carboxylic acids is 1. The van der Waals surface area contributed by atoms with Gasteiger partial charge in [-0.15, -0.1) is 0 Å². The van der Waals surface area contributed by atoms with Gasteiger partial charge in [0.2, 0.25) is 0 Å². The van der Waals surface area contributed by atoms with E-state index in [4.69, 9.17) is 9.57 Å². The van der Waals surface area contributed by atoms with Crippen molar-refractivity contribution in [3.05, 3.63) is 69.5 Å². The standard InChI is InChI=1S/C22H22FN5O6S/c1-22(2,3)34-21(30)27-35(31,32)24-11-12-5-7-14-16(9-12)25-19-18(26-33-4)15-10-13(23)6-8-17(15)28(19)20(14)29/h5-10,24H,11H2,1-4H3,(H,27,30)/b26-18-. The van der Waals surface area contributed by atoms with Gasteiger partial charge in [0.15, 0.2) is 11.5 Å². The number of ether oxygens (including phenoxy) is 1. The van der Waals surface area contributed by atoms with Gasteiger partial charge in [0.25, 0.3) is 5.56 Å². The van der Waals surface area contributed by atoms with Crippen LogP contribution in [0.3, 0.4) is 0 Å². The van der Waals surface area contributed by atoms with Gasteiger partial charge in [-0.1, -0.05) is 11.2 Å². The number of nitrogens with one attached hydrogen (secondary N) is 2. The molecule has 2 aromatic carbocycles. The molecular weight excluding hydrogens is 481 g/mol. The Labute approximate surface area is 199 Å². The van der Waals surface area contributed by atoms with Gasteiger partial charge in [0.05, 0.1) is 16.6 Å². The van der Waals surface area contributed by atoms with Crippen molar-refractivity contribution in [1.29, 1.82) is 0 Å². The van der Waals surface area contributed by atoms with Gasteiger partial charge >= 0.3 is 16.3 Å². The highest BCUT2D eigenvalue weighted by Gasteiger charge is 2.30. The van der Waals surface area contributed by atoms with Crippen LogP contribution >= 0.6 is 0 Å². The number of hydrogen-bond acceptors (Lipinski definition) is 8. The van der Waals surface area contributed by atoms with Crippen LogP contribution in [0, 0.1) is 5.82 Å². The van der Waals surface area contributed by atoms with Gasteiger partial charge < -0.3 is 9.57 Å². The molecule has 4 rings (SSSR count). The van der Waals surface area contributed by atoms with Crippen molar-refractivity contribution in [3.8, 4) is 5.69 Å². The summed E-state index contributed by atoms with van der Waals surface area (Å²) in [6.07, 6.45) is -1.12. The number of fused-ring (bicyclic) bond motifs is 4. The van der Waals surface area contributed by atoms with Crippen LogP contribution in [0.5, 0.6) is 0 Å². The van der Waals surface area contributed by atoms with E-state index in [9.17, 15) is 22.4 Å². The lowest BCUT2D eigenvalue weighted by Gasteiger charge is -2.19. The van der Waals surface area contributed by atoms with E-state index in [-0.39, 0.29) is 29.0 Å². The van der Waals surface area contributed by atoms with E-state index in [2.05, 4.69) is 14.9 Å². The summed E-state index contributed by atoms with van der Waals surface area (Å²) < 4.78 is 48.5. The highest BCUT2D eigenvalue weighted by atomic mass is 32.2. The summed E-state index contributed by atoms with van der Waals surface area (Å²) >= 11 is 0. The molecule has 0 atom stereocenters. The van der Waals surface area contributed by atoms with E-state index in [1.807, 2.05) is 0 Å². The molecule has 0 unspecified atom stereocenters. The van der Waals surface area contributed by atoms with Crippen LogP contribution in [-0.2, 0) is 26.3 Å². The molecule has 35 heavy (non-hydrogen) atoms. The van der Waals surface area contributed by atoms with Crippen molar-refractivity contribution in [3.63, 3.8) is 0 Å². The number of amides is 1. The molecule has 0 radical (unpaired) electrons. The summed E-state index contributed by atoms with van der Waals surface area (Å²) in [6.45, 7) is 4.61. The zero-order valence-electron chi connectivity index (χ0n) is 19.2. The largest absolute Gasteiger partial charge is 0.443 e. The first-order valence-electron chi connectivity index (χ1n) is 10.4. The fraction of sp³-hybridized carbons (Fsp3) is 0.273. The zero-order valence-corrected chi connectivity index (χ0v) is 20.1. The smallest absolute Gasteiger partial charge is 0.422 e. The highest BCUT2D eigenvalue weighted by Crippen LogP contribution is 2.28. The Morgan fingerprint density at radius 3 is 2.63 bits per heavy atom. The lowest BCUT2D eigenvalue weighted by molar-refractivity contribution is 0.0569. The quantitative estimate of drug-likeness (QED) is 0.397. The molecular formula is C22H22FN5O6S. The predicted molar refractivity (Wildman–Crippen MR) is 125 cm³/mol. The van der Waals surface area contributed by atoms with Crippen molar-refractivity contribution >= 4 is 32.9 Å². The molecule has 1 aliphatic heterocycles. The van der Waals surface area contributed by atoms with Gasteiger partial charge in [0, 0.05) is 12.1 Å². The topological polar surface area (TPSA) is 141 Å². The maximum Gasteiger partial charge on any atom is 0.422 e. The lowest BCUT2D eigenvalue weighted by Crippen LogP contribution is -2.42. The number of rotatable bonds is 5. The van der Waals surface area contributed by atoms with Crippen LogP contribution in [0.15, 0.2) is 46.3 Å². The summed E-state index contributed by atoms with van der Waals surface area (Å²) in [6, 6.07) is 8.53. The Hall–Kier alpha value is -3.84. The minimum absolute atomic E-state index is 0.161. The molecule has 0 spiro atoms. The van der Waals surface area contributed by atoms with Crippen LogP contribution in [0.1, 0.15) is 37.7 Å². The molecule has 1 amide bonds. The van der Waals surface area contributed by atoms with Crippen LogP contribution in [0.25, 0.3) is 16.6 Å². The van der Waals surface area contributed by atoms with E-state index >= 15 is 0 Å². The molecule has 0 saturated carbocycles. The summed E-state index contributed by atoms with van der Waals surface area (Å²) in [5, 5.41) is 4.19. The Morgan fingerprint density at radius 1 is 1.20 bits per heavy atom. The van der Waals surface area contributed by atoms with Gasteiger partial charge in [-0.05, 0) is 56.7 Å². The maximum atomic E-state index is 13.9. The Bertz CT molecular complexity index is 1540. The second kappa shape index (κ2) is 8.74. The first-order valence-corrected chi connectivity index (χ1v) is 11.8. The monoisotopic (exact) mass is 503 g/mol. The molecule has 0 bridgehead atoms. The fourth-order valence-electron chi connectivity index (χ4n) is 3.54. The number of carbonyl (C=O) groups is 1.